The highest BCUT2D eigenvalue weighted by atomic mass is 16.6. The molecule has 0 aromatic carbocycles. The average molecular weight is 352 g/mol. The van der Waals surface area contributed by atoms with E-state index in [0.717, 1.165) is 12.8 Å². The van der Waals surface area contributed by atoms with Crippen molar-refractivity contribution in [1.82, 2.24) is 9.80 Å². The van der Waals surface area contributed by atoms with Gasteiger partial charge in [-0.1, -0.05) is 31.4 Å². The topological polar surface area (TPSA) is 70.1 Å². The minimum Gasteiger partial charge on any atom is -0.480 e. The highest BCUT2D eigenvalue weighted by Crippen LogP contribution is 2.25. The third kappa shape index (κ3) is 6.34. The molecule has 0 radical (unpaired) electrons. The summed E-state index contributed by atoms with van der Waals surface area (Å²) in [5, 5.41) is 9.58. The molecule has 2 fully saturated rings. The summed E-state index contributed by atoms with van der Waals surface area (Å²) < 4.78 is 5.39. The van der Waals surface area contributed by atoms with Crippen LogP contribution >= 0.6 is 0 Å². The van der Waals surface area contributed by atoms with E-state index in [1.165, 1.54) is 19.3 Å². The van der Waals surface area contributed by atoms with Gasteiger partial charge in [-0.3, -0.25) is 9.69 Å². The van der Waals surface area contributed by atoms with Gasteiger partial charge in [-0.25, -0.2) is 4.79 Å². The predicted octanol–water partition coefficient (Wildman–Crippen LogP) is 3.13. The lowest BCUT2D eigenvalue weighted by Gasteiger charge is -2.37. The summed E-state index contributed by atoms with van der Waals surface area (Å²) in [4.78, 5) is 27.4. The molecular weight excluding hydrogens is 320 g/mol. The normalized spacial score (nSPS) is 22.1. The lowest BCUT2D eigenvalue weighted by atomic mass is 9.88. The number of amides is 1. The maximum Gasteiger partial charge on any atom is 0.410 e. The third-order valence-corrected chi connectivity index (χ3v) is 4.83. The van der Waals surface area contributed by atoms with Gasteiger partial charge in [0.2, 0.25) is 0 Å². The summed E-state index contributed by atoms with van der Waals surface area (Å²) in [7, 11) is 0. The Labute approximate surface area is 150 Å². The van der Waals surface area contributed by atoms with Crippen LogP contribution in [0.1, 0.15) is 52.9 Å². The number of carbonyl (C=O) groups is 2. The van der Waals surface area contributed by atoms with Crippen molar-refractivity contribution in [3.63, 3.8) is 0 Å². The second-order valence-corrected chi connectivity index (χ2v) is 8.07. The summed E-state index contributed by atoms with van der Waals surface area (Å²) in [5.41, 5.74) is -0.513. The maximum absolute atomic E-state index is 12.1. The van der Waals surface area contributed by atoms with E-state index < -0.39 is 17.6 Å². The number of carboxylic acids is 1. The van der Waals surface area contributed by atoms with Crippen molar-refractivity contribution in [3.8, 4) is 0 Å². The number of allylic oxidation sites excluding steroid dienone is 1. The SMILES string of the molecule is CC(C)(C)OC(=O)N1CCN([C@H](/C=C/C2CCCCC2)C(=O)O)CC1. The van der Waals surface area contributed by atoms with Gasteiger partial charge in [-0.2, -0.15) is 0 Å². The highest BCUT2D eigenvalue weighted by molar-refractivity contribution is 5.76. The fraction of sp³-hybridized carbons (Fsp3) is 0.789. The van der Waals surface area contributed by atoms with Crippen LogP contribution in [0.25, 0.3) is 0 Å². The molecule has 25 heavy (non-hydrogen) atoms. The Bertz CT molecular complexity index is 484. The predicted molar refractivity (Wildman–Crippen MR) is 96.5 cm³/mol. The molecule has 0 unspecified atom stereocenters. The number of piperazine rings is 1. The van der Waals surface area contributed by atoms with E-state index in [9.17, 15) is 14.7 Å². The molecule has 2 aliphatic rings. The maximum atomic E-state index is 12.1. The Morgan fingerprint density at radius 1 is 1.08 bits per heavy atom. The fourth-order valence-electron chi connectivity index (χ4n) is 3.46. The number of rotatable bonds is 4. The summed E-state index contributed by atoms with van der Waals surface area (Å²) >= 11 is 0. The quantitative estimate of drug-likeness (QED) is 0.787. The van der Waals surface area contributed by atoms with Crippen LogP contribution in [-0.4, -0.2) is 64.8 Å². The van der Waals surface area contributed by atoms with E-state index in [4.69, 9.17) is 4.74 Å². The first kappa shape index (κ1) is 19.8. The standard InChI is InChI=1S/C19H32N2O4/c1-19(2,3)25-18(24)21-13-11-20(12-14-21)16(17(22)23)10-9-15-7-5-4-6-8-15/h9-10,15-16H,4-8,11-14H2,1-3H3,(H,22,23)/b10-9+/t16-/m1/s1. The Hall–Kier alpha value is -1.56. The molecule has 0 aromatic rings. The van der Waals surface area contributed by atoms with Crippen molar-refractivity contribution < 1.29 is 19.4 Å². The van der Waals surface area contributed by atoms with Crippen LogP contribution in [0.2, 0.25) is 0 Å². The third-order valence-electron chi connectivity index (χ3n) is 4.83. The molecule has 2 rings (SSSR count). The van der Waals surface area contributed by atoms with Gasteiger partial charge in [0.15, 0.2) is 0 Å². The molecule has 142 valence electrons. The van der Waals surface area contributed by atoms with Gasteiger partial charge in [-0.05, 0) is 39.5 Å². The Balaban J connectivity index is 1.88. The first-order chi connectivity index (χ1) is 11.8. The zero-order valence-electron chi connectivity index (χ0n) is 15.7. The largest absolute Gasteiger partial charge is 0.480 e. The monoisotopic (exact) mass is 352 g/mol. The zero-order chi connectivity index (χ0) is 18.4. The second kappa shape index (κ2) is 8.70. The highest BCUT2D eigenvalue weighted by Gasteiger charge is 2.30. The number of nitrogens with zero attached hydrogens (tertiary/aromatic N) is 2. The second-order valence-electron chi connectivity index (χ2n) is 8.07. The lowest BCUT2D eigenvalue weighted by Crippen LogP contribution is -2.54. The number of aliphatic carboxylic acids is 1. The van der Waals surface area contributed by atoms with E-state index in [-0.39, 0.29) is 6.09 Å². The van der Waals surface area contributed by atoms with Crippen LogP contribution in [-0.2, 0) is 9.53 Å². The van der Waals surface area contributed by atoms with Gasteiger partial charge in [-0.15, -0.1) is 0 Å². The lowest BCUT2D eigenvalue weighted by molar-refractivity contribution is -0.141. The number of carboxylic acid groups (broad SMARTS) is 1. The average Bonchev–Trinajstić information content (AvgIpc) is 2.54. The minimum atomic E-state index is -0.822. The van der Waals surface area contributed by atoms with Gasteiger partial charge >= 0.3 is 12.1 Å². The van der Waals surface area contributed by atoms with Crippen molar-refractivity contribution in [2.45, 2.75) is 64.5 Å². The molecule has 0 aromatic heterocycles. The first-order valence-corrected chi connectivity index (χ1v) is 9.39. The van der Waals surface area contributed by atoms with Crippen LogP contribution in [0.5, 0.6) is 0 Å². The van der Waals surface area contributed by atoms with Crippen molar-refractivity contribution >= 4 is 12.1 Å². The fourth-order valence-corrected chi connectivity index (χ4v) is 3.46. The summed E-state index contributed by atoms with van der Waals surface area (Å²) in [6.45, 7) is 7.62. The Morgan fingerprint density at radius 3 is 2.20 bits per heavy atom. The molecular formula is C19H32N2O4. The van der Waals surface area contributed by atoms with E-state index in [1.807, 2.05) is 31.7 Å². The van der Waals surface area contributed by atoms with Gasteiger partial charge in [0.25, 0.3) is 0 Å². The molecule has 1 saturated heterocycles. The molecule has 1 aliphatic carbocycles. The van der Waals surface area contributed by atoms with Gasteiger partial charge in [0, 0.05) is 26.2 Å². The zero-order valence-corrected chi connectivity index (χ0v) is 15.7. The molecule has 1 saturated carbocycles. The summed E-state index contributed by atoms with van der Waals surface area (Å²) in [6.07, 6.45) is 9.71. The van der Waals surface area contributed by atoms with Crippen LogP contribution in [0.15, 0.2) is 12.2 Å². The Morgan fingerprint density at radius 2 is 1.68 bits per heavy atom. The molecule has 1 atom stereocenters. The molecule has 0 bridgehead atoms. The molecule has 1 N–H and O–H groups in total. The summed E-state index contributed by atoms with van der Waals surface area (Å²) in [5.74, 6) is -0.309. The van der Waals surface area contributed by atoms with E-state index >= 15 is 0 Å². The van der Waals surface area contributed by atoms with E-state index in [1.54, 1.807) is 4.90 Å². The molecule has 1 amide bonds. The van der Waals surface area contributed by atoms with Crippen LogP contribution < -0.4 is 0 Å². The number of hydrogen-bond donors (Lipinski definition) is 1. The molecule has 6 nitrogen and oxygen atoms in total. The van der Waals surface area contributed by atoms with E-state index in [0.29, 0.717) is 32.1 Å². The van der Waals surface area contributed by atoms with Crippen LogP contribution in [0, 0.1) is 5.92 Å². The molecule has 1 aliphatic heterocycles. The number of ether oxygens (including phenoxy) is 1. The molecule has 0 spiro atoms. The van der Waals surface area contributed by atoms with Crippen LogP contribution in [0.4, 0.5) is 4.79 Å². The minimum absolute atomic E-state index is 0.322. The smallest absolute Gasteiger partial charge is 0.410 e. The Kier molecular flexibility index (Phi) is 6.87. The molecule has 1 heterocycles. The van der Waals surface area contributed by atoms with Crippen LogP contribution in [0.3, 0.4) is 0 Å². The van der Waals surface area contributed by atoms with Crippen molar-refractivity contribution in [2.75, 3.05) is 26.2 Å². The van der Waals surface area contributed by atoms with Crippen molar-refractivity contribution in [1.29, 1.82) is 0 Å². The van der Waals surface area contributed by atoms with Gasteiger partial charge in [0.05, 0.1) is 0 Å². The van der Waals surface area contributed by atoms with Crippen molar-refractivity contribution in [3.05, 3.63) is 12.2 Å². The van der Waals surface area contributed by atoms with E-state index in [2.05, 4.69) is 6.08 Å². The summed E-state index contributed by atoms with van der Waals surface area (Å²) in [6, 6.07) is -0.609. The number of carbonyl (C=O) groups excluding carboxylic acids is 1. The number of hydrogen-bond acceptors (Lipinski definition) is 4. The first-order valence-electron chi connectivity index (χ1n) is 9.39. The van der Waals surface area contributed by atoms with Crippen molar-refractivity contribution in [2.24, 2.45) is 5.92 Å². The van der Waals surface area contributed by atoms with Gasteiger partial charge in [0.1, 0.15) is 11.6 Å². The van der Waals surface area contributed by atoms with Gasteiger partial charge < -0.3 is 14.7 Å². The molecule has 6 heteroatoms.